The van der Waals surface area contributed by atoms with E-state index in [2.05, 4.69) is 24.4 Å². The van der Waals surface area contributed by atoms with Crippen LogP contribution in [0.1, 0.15) is 43.7 Å². The first-order valence-electron chi connectivity index (χ1n) is 8.31. The third-order valence-electron chi connectivity index (χ3n) is 5.35. The lowest BCUT2D eigenvalue weighted by atomic mass is 9.78. The average Bonchev–Trinajstić information content (AvgIpc) is 3.34. The molecule has 1 aromatic rings. The predicted octanol–water partition coefficient (Wildman–Crippen LogP) is 3.99. The molecule has 0 radical (unpaired) electrons. The van der Waals surface area contributed by atoms with E-state index in [-0.39, 0.29) is 0 Å². The van der Waals surface area contributed by atoms with Gasteiger partial charge in [0.25, 0.3) is 0 Å². The smallest absolute Gasteiger partial charge is 0.125 e. The first-order valence-corrected chi connectivity index (χ1v) is 8.69. The normalized spacial score (nSPS) is 23.5. The van der Waals surface area contributed by atoms with Gasteiger partial charge in [-0.2, -0.15) is 0 Å². The molecule has 0 bridgehead atoms. The van der Waals surface area contributed by atoms with E-state index in [0.29, 0.717) is 5.41 Å². The summed E-state index contributed by atoms with van der Waals surface area (Å²) in [6.45, 7) is 4.38. The third kappa shape index (κ3) is 2.93. The van der Waals surface area contributed by atoms with Crippen molar-refractivity contribution in [3.63, 3.8) is 0 Å². The molecule has 1 N–H and O–H groups in total. The number of rotatable bonds is 6. The van der Waals surface area contributed by atoms with Gasteiger partial charge >= 0.3 is 0 Å². The minimum Gasteiger partial charge on any atom is -0.493 e. The van der Waals surface area contributed by atoms with E-state index in [0.717, 1.165) is 48.7 Å². The van der Waals surface area contributed by atoms with Gasteiger partial charge in [-0.15, -0.1) is 0 Å². The van der Waals surface area contributed by atoms with E-state index in [1.54, 1.807) is 0 Å². The topological polar surface area (TPSA) is 21.3 Å². The van der Waals surface area contributed by atoms with E-state index >= 15 is 0 Å². The van der Waals surface area contributed by atoms with Crippen LogP contribution >= 0.6 is 11.6 Å². The third-order valence-corrected chi connectivity index (χ3v) is 5.57. The fourth-order valence-corrected chi connectivity index (χ4v) is 3.97. The Morgan fingerprint density at radius 1 is 1.29 bits per heavy atom. The van der Waals surface area contributed by atoms with Gasteiger partial charge in [-0.3, -0.25) is 0 Å². The fraction of sp³-hybridized carbons (Fsp3) is 0.667. The maximum Gasteiger partial charge on any atom is 0.125 e. The number of ether oxygens (including phenoxy) is 1. The Morgan fingerprint density at radius 3 is 2.81 bits per heavy atom. The van der Waals surface area contributed by atoms with E-state index in [4.69, 9.17) is 16.3 Å². The van der Waals surface area contributed by atoms with Crippen LogP contribution < -0.4 is 10.1 Å². The molecule has 114 valence electrons. The maximum absolute atomic E-state index is 6.32. The lowest BCUT2D eigenvalue weighted by Gasteiger charge is -2.31. The summed E-state index contributed by atoms with van der Waals surface area (Å²) >= 11 is 6.32. The Morgan fingerprint density at radius 2 is 2.10 bits per heavy atom. The van der Waals surface area contributed by atoms with Gasteiger partial charge in [-0.1, -0.05) is 18.5 Å². The summed E-state index contributed by atoms with van der Waals surface area (Å²) in [5.41, 5.74) is 2.96. The van der Waals surface area contributed by atoms with E-state index in [1.807, 2.05) is 0 Å². The summed E-state index contributed by atoms with van der Waals surface area (Å²) in [7, 11) is 0. The highest BCUT2D eigenvalue weighted by Gasteiger charge is 2.42. The molecule has 2 fully saturated rings. The summed E-state index contributed by atoms with van der Waals surface area (Å²) < 4.78 is 5.89. The summed E-state index contributed by atoms with van der Waals surface area (Å²) in [6, 6.07) is 4.98. The largest absolute Gasteiger partial charge is 0.493 e. The van der Waals surface area contributed by atoms with Crippen LogP contribution in [0.5, 0.6) is 5.75 Å². The van der Waals surface area contributed by atoms with Crippen molar-refractivity contribution in [2.75, 3.05) is 13.2 Å². The Bertz CT molecular complexity index is 550. The molecule has 0 spiro atoms. The van der Waals surface area contributed by atoms with Crippen molar-refractivity contribution in [3.05, 3.63) is 28.3 Å². The Balaban J connectivity index is 1.57. The van der Waals surface area contributed by atoms with Crippen molar-refractivity contribution < 1.29 is 4.74 Å². The number of fused-ring (bicyclic) bond motifs is 1. The highest BCUT2D eigenvalue weighted by Crippen LogP contribution is 2.49. The second kappa shape index (κ2) is 5.17. The van der Waals surface area contributed by atoms with Gasteiger partial charge in [0, 0.05) is 24.0 Å². The molecular formula is C18H24ClNO. The van der Waals surface area contributed by atoms with Crippen LogP contribution in [-0.4, -0.2) is 19.2 Å². The number of hydrogen-bond donors (Lipinski definition) is 1. The van der Waals surface area contributed by atoms with Gasteiger partial charge < -0.3 is 10.1 Å². The first-order chi connectivity index (χ1) is 10.1. The van der Waals surface area contributed by atoms with E-state index < -0.39 is 0 Å². The molecule has 3 aliphatic rings. The molecule has 2 saturated carbocycles. The quantitative estimate of drug-likeness (QED) is 0.858. The van der Waals surface area contributed by atoms with Crippen molar-refractivity contribution in [2.45, 2.75) is 51.5 Å². The molecule has 1 aliphatic heterocycles. The Labute approximate surface area is 132 Å². The molecule has 3 heteroatoms. The highest BCUT2D eigenvalue weighted by atomic mass is 35.5. The molecule has 1 aromatic carbocycles. The summed E-state index contributed by atoms with van der Waals surface area (Å²) in [5.74, 6) is 1.98. The summed E-state index contributed by atoms with van der Waals surface area (Å²) in [6.07, 6.45) is 7.56. The zero-order valence-corrected chi connectivity index (χ0v) is 13.5. The highest BCUT2D eigenvalue weighted by molar-refractivity contribution is 6.30. The van der Waals surface area contributed by atoms with Gasteiger partial charge in [0.1, 0.15) is 5.75 Å². The standard InChI is InChI=1S/C18H24ClNO/c1-18(14-2-3-14,11-20-16-4-5-16)10-13-9-15(19)8-12-6-7-21-17(12)13/h8-9,14,16,20H,2-7,10-11H2,1H3. The molecule has 1 unspecified atom stereocenters. The lowest BCUT2D eigenvalue weighted by molar-refractivity contribution is 0.250. The molecule has 1 atom stereocenters. The zero-order chi connectivity index (χ0) is 14.4. The van der Waals surface area contributed by atoms with Crippen molar-refractivity contribution >= 4 is 11.6 Å². The molecule has 0 saturated heterocycles. The van der Waals surface area contributed by atoms with Gasteiger partial charge in [0.2, 0.25) is 0 Å². The number of halogens is 1. The maximum atomic E-state index is 6.32. The van der Waals surface area contributed by atoms with Gasteiger partial charge in [0.15, 0.2) is 0 Å². The van der Waals surface area contributed by atoms with Gasteiger partial charge in [-0.25, -0.2) is 0 Å². The van der Waals surface area contributed by atoms with Crippen molar-refractivity contribution in [1.82, 2.24) is 5.32 Å². The van der Waals surface area contributed by atoms with Gasteiger partial charge in [0.05, 0.1) is 6.61 Å². The second-order valence-corrected chi connectivity index (χ2v) is 7.85. The van der Waals surface area contributed by atoms with Gasteiger partial charge in [-0.05, 0) is 66.7 Å². The Kier molecular flexibility index (Phi) is 3.42. The number of benzene rings is 1. The second-order valence-electron chi connectivity index (χ2n) is 7.41. The number of nitrogens with one attached hydrogen (secondary N) is 1. The van der Waals surface area contributed by atoms with Crippen LogP contribution in [0.15, 0.2) is 12.1 Å². The average molecular weight is 306 g/mol. The SMILES string of the molecule is CC(CNC1CC1)(Cc1cc(Cl)cc2c1OCC2)C1CC1. The predicted molar refractivity (Wildman–Crippen MR) is 86.2 cm³/mol. The number of hydrogen-bond acceptors (Lipinski definition) is 2. The minimum absolute atomic E-state index is 0.340. The van der Waals surface area contributed by atoms with Crippen molar-refractivity contribution in [3.8, 4) is 5.75 Å². The minimum atomic E-state index is 0.340. The molecule has 1 heterocycles. The van der Waals surface area contributed by atoms with Crippen molar-refractivity contribution in [1.29, 1.82) is 0 Å². The van der Waals surface area contributed by atoms with Crippen molar-refractivity contribution in [2.24, 2.45) is 11.3 Å². The molecule has 0 amide bonds. The molecular weight excluding hydrogens is 282 g/mol. The molecule has 21 heavy (non-hydrogen) atoms. The van der Waals surface area contributed by atoms with E-state index in [1.165, 1.54) is 36.8 Å². The van der Waals surface area contributed by atoms with Crippen LogP contribution in [0.3, 0.4) is 0 Å². The Hall–Kier alpha value is -0.730. The molecule has 2 nitrogen and oxygen atoms in total. The summed E-state index contributed by atoms with van der Waals surface area (Å²) in [5, 5.41) is 4.61. The van der Waals surface area contributed by atoms with Crippen LogP contribution in [0, 0.1) is 11.3 Å². The van der Waals surface area contributed by atoms with Crippen LogP contribution in [0.25, 0.3) is 0 Å². The molecule has 2 aliphatic carbocycles. The van der Waals surface area contributed by atoms with Crippen LogP contribution in [-0.2, 0) is 12.8 Å². The summed E-state index contributed by atoms with van der Waals surface area (Å²) in [4.78, 5) is 0. The monoisotopic (exact) mass is 305 g/mol. The van der Waals surface area contributed by atoms with Crippen LogP contribution in [0.2, 0.25) is 5.02 Å². The fourth-order valence-electron chi connectivity index (χ4n) is 3.71. The first kappa shape index (κ1) is 13.9. The lowest BCUT2D eigenvalue weighted by Crippen LogP contribution is -2.36. The van der Waals surface area contributed by atoms with E-state index in [9.17, 15) is 0 Å². The molecule has 0 aromatic heterocycles. The zero-order valence-electron chi connectivity index (χ0n) is 12.8. The molecule has 4 rings (SSSR count). The van der Waals surface area contributed by atoms with Crippen LogP contribution in [0.4, 0.5) is 0 Å².